The Kier molecular flexibility index (Phi) is 13.3. The van der Waals surface area contributed by atoms with Crippen LogP contribution in [0.5, 0.6) is 0 Å². The Hall–Kier alpha value is -3.56. The Balaban J connectivity index is 1.78. The van der Waals surface area contributed by atoms with E-state index in [1.807, 2.05) is 57.2 Å². The van der Waals surface area contributed by atoms with Crippen molar-refractivity contribution in [3.63, 3.8) is 0 Å². The SMILES string of the molecule is C=C(CN(CC)CC)C(=O)NCC(Cc1ccccc1)NC(=O)[C@H](Cc1nc2ccc(C(C)C)cc2s1)NC(=O)CCC. The number of nitrogens with one attached hydrogen (secondary N) is 3. The number of fused-ring (bicyclic) bond motifs is 1. The molecule has 2 aromatic carbocycles. The second-order valence-corrected chi connectivity index (χ2v) is 12.3. The summed E-state index contributed by atoms with van der Waals surface area (Å²) in [4.78, 5) is 46.2. The number of likely N-dealkylation sites (N-methyl/N-ethyl adjacent to an activating group) is 1. The molecule has 2 atom stereocenters. The Labute approximate surface area is 260 Å². The van der Waals surface area contributed by atoms with Crippen molar-refractivity contribution in [1.29, 1.82) is 0 Å². The van der Waals surface area contributed by atoms with Gasteiger partial charge in [-0.25, -0.2) is 4.98 Å². The third kappa shape index (κ3) is 10.6. The van der Waals surface area contributed by atoms with Gasteiger partial charge in [-0.3, -0.25) is 19.3 Å². The summed E-state index contributed by atoms with van der Waals surface area (Å²) in [5.74, 6) is -0.310. The molecule has 3 N–H and O–H groups in total. The minimum atomic E-state index is -0.796. The van der Waals surface area contributed by atoms with Gasteiger partial charge >= 0.3 is 0 Å². The zero-order valence-electron chi connectivity index (χ0n) is 26.2. The third-order valence-corrected chi connectivity index (χ3v) is 8.48. The van der Waals surface area contributed by atoms with E-state index in [-0.39, 0.29) is 30.7 Å². The molecule has 0 bridgehead atoms. The van der Waals surface area contributed by atoms with Crippen LogP contribution in [0.2, 0.25) is 0 Å². The van der Waals surface area contributed by atoms with Crippen LogP contribution in [0.15, 0.2) is 60.7 Å². The van der Waals surface area contributed by atoms with Crippen LogP contribution in [0, 0.1) is 0 Å². The molecule has 0 aliphatic heterocycles. The number of thiazole rings is 1. The van der Waals surface area contributed by atoms with Crippen LogP contribution in [-0.2, 0) is 27.2 Å². The summed E-state index contributed by atoms with van der Waals surface area (Å²) >= 11 is 1.55. The van der Waals surface area contributed by atoms with Crippen molar-refractivity contribution in [3.05, 3.63) is 76.8 Å². The molecule has 1 heterocycles. The minimum Gasteiger partial charge on any atom is -0.350 e. The van der Waals surface area contributed by atoms with E-state index >= 15 is 0 Å². The van der Waals surface area contributed by atoms with Crippen LogP contribution >= 0.6 is 11.3 Å². The molecule has 3 amide bonds. The highest BCUT2D eigenvalue weighted by Gasteiger charge is 2.26. The summed E-state index contributed by atoms with van der Waals surface area (Å²) in [7, 11) is 0. The molecule has 0 aliphatic carbocycles. The molecular weight excluding hydrogens is 558 g/mol. The lowest BCUT2D eigenvalue weighted by Crippen LogP contribution is -2.53. The van der Waals surface area contributed by atoms with Gasteiger partial charge in [0, 0.05) is 31.5 Å². The van der Waals surface area contributed by atoms with Crippen molar-refractivity contribution < 1.29 is 14.4 Å². The molecule has 8 nitrogen and oxygen atoms in total. The molecule has 0 radical (unpaired) electrons. The van der Waals surface area contributed by atoms with Gasteiger partial charge in [0.05, 0.1) is 21.3 Å². The van der Waals surface area contributed by atoms with Crippen LogP contribution in [0.4, 0.5) is 0 Å². The maximum absolute atomic E-state index is 13.8. The van der Waals surface area contributed by atoms with Crippen LogP contribution in [0.25, 0.3) is 10.2 Å². The van der Waals surface area contributed by atoms with Gasteiger partial charge in [-0.2, -0.15) is 0 Å². The zero-order valence-corrected chi connectivity index (χ0v) is 27.1. The topological polar surface area (TPSA) is 103 Å². The summed E-state index contributed by atoms with van der Waals surface area (Å²) < 4.78 is 1.06. The molecule has 0 fully saturated rings. The monoisotopic (exact) mass is 605 g/mol. The summed E-state index contributed by atoms with van der Waals surface area (Å²) in [6, 6.07) is 14.9. The average molecular weight is 606 g/mol. The third-order valence-electron chi connectivity index (χ3n) is 7.44. The molecule has 0 saturated heterocycles. The van der Waals surface area contributed by atoms with Gasteiger partial charge in [0.2, 0.25) is 17.7 Å². The van der Waals surface area contributed by atoms with Crippen molar-refractivity contribution in [2.24, 2.45) is 0 Å². The molecule has 3 aromatic rings. The smallest absolute Gasteiger partial charge is 0.247 e. The molecule has 3 rings (SSSR count). The fraction of sp³-hybridized carbons (Fsp3) is 0.471. The van der Waals surface area contributed by atoms with E-state index in [0.29, 0.717) is 37.3 Å². The van der Waals surface area contributed by atoms with E-state index in [9.17, 15) is 14.4 Å². The maximum atomic E-state index is 13.8. The second kappa shape index (κ2) is 16.9. The van der Waals surface area contributed by atoms with Gasteiger partial charge in [0.15, 0.2) is 0 Å². The lowest BCUT2D eigenvalue weighted by Gasteiger charge is -2.24. The quantitative estimate of drug-likeness (QED) is 0.188. The molecular formula is C34H47N5O3S. The molecule has 1 aromatic heterocycles. The Morgan fingerprint density at radius 1 is 0.977 bits per heavy atom. The molecule has 0 saturated carbocycles. The van der Waals surface area contributed by atoms with Crippen LogP contribution < -0.4 is 16.0 Å². The standard InChI is InChI=1S/C34H47N5O3S/c1-7-13-31(40)37-29(20-32-38-28-17-16-26(23(4)5)19-30(28)43-32)34(42)36-27(18-25-14-11-10-12-15-25)21-35-33(41)24(6)22-39(8-2)9-3/h10-12,14-17,19,23,27,29H,6-9,13,18,20-22H2,1-5H3,(H,35,41)(H,36,42)(H,37,40)/t27?,29-/m0/s1. The van der Waals surface area contributed by atoms with E-state index in [2.05, 4.69) is 53.4 Å². The highest BCUT2D eigenvalue weighted by atomic mass is 32.1. The normalized spacial score (nSPS) is 12.7. The highest BCUT2D eigenvalue weighted by molar-refractivity contribution is 7.18. The first-order valence-corrected chi connectivity index (χ1v) is 16.2. The van der Waals surface area contributed by atoms with Crippen molar-refractivity contribution in [2.45, 2.75) is 78.3 Å². The van der Waals surface area contributed by atoms with Gasteiger partial charge in [-0.15, -0.1) is 11.3 Å². The van der Waals surface area contributed by atoms with Crippen molar-refractivity contribution in [2.75, 3.05) is 26.2 Å². The second-order valence-electron chi connectivity index (χ2n) is 11.2. The number of carbonyl (C=O) groups is 3. The van der Waals surface area contributed by atoms with Crippen LogP contribution in [-0.4, -0.2) is 65.9 Å². The van der Waals surface area contributed by atoms with Crippen LogP contribution in [0.3, 0.4) is 0 Å². The number of benzene rings is 2. The Morgan fingerprint density at radius 3 is 2.35 bits per heavy atom. The number of hydrogen-bond donors (Lipinski definition) is 3. The maximum Gasteiger partial charge on any atom is 0.247 e. The largest absolute Gasteiger partial charge is 0.350 e. The lowest BCUT2D eigenvalue weighted by molar-refractivity contribution is -0.129. The fourth-order valence-corrected chi connectivity index (χ4v) is 5.88. The molecule has 43 heavy (non-hydrogen) atoms. The van der Waals surface area contributed by atoms with E-state index in [1.54, 1.807) is 11.3 Å². The van der Waals surface area contributed by atoms with Gasteiger partial charge in [-0.1, -0.05) is 77.6 Å². The Bertz CT molecular complexity index is 1370. The predicted molar refractivity (Wildman–Crippen MR) is 176 cm³/mol. The van der Waals surface area contributed by atoms with E-state index in [4.69, 9.17) is 4.98 Å². The minimum absolute atomic E-state index is 0.175. The molecule has 232 valence electrons. The van der Waals surface area contributed by atoms with Crippen molar-refractivity contribution >= 4 is 39.3 Å². The van der Waals surface area contributed by atoms with Gasteiger partial charge < -0.3 is 16.0 Å². The number of rotatable bonds is 17. The van der Waals surface area contributed by atoms with E-state index in [0.717, 1.165) is 33.9 Å². The number of nitrogens with zero attached hydrogens (tertiary/aromatic N) is 2. The zero-order chi connectivity index (χ0) is 31.4. The summed E-state index contributed by atoms with van der Waals surface area (Å²) in [6.07, 6.45) is 1.81. The molecule has 1 unspecified atom stereocenters. The van der Waals surface area contributed by atoms with Crippen LogP contribution in [0.1, 0.15) is 69.5 Å². The van der Waals surface area contributed by atoms with E-state index < -0.39 is 12.1 Å². The molecule has 0 aliphatic rings. The van der Waals surface area contributed by atoms with Gasteiger partial charge in [-0.05, 0) is 55.1 Å². The Morgan fingerprint density at radius 2 is 1.70 bits per heavy atom. The van der Waals surface area contributed by atoms with Gasteiger partial charge in [0.25, 0.3) is 0 Å². The molecule has 9 heteroatoms. The first kappa shape index (κ1) is 33.9. The predicted octanol–water partition coefficient (Wildman–Crippen LogP) is 4.99. The number of amides is 3. The first-order valence-electron chi connectivity index (χ1n) is 15.3. The van der Waals surface area contributed by atoms with Crippen molar-refractivity contribution in [1.82, 2.24) is 25.8 Å². The number of hydrogen-bond acceptors (Lipinski definition) is 6. The number of aromatic nitrogens is 1. The summed E-state index contributed by atoms with van der Waals surface area (Å²) in [6.45, 7) is 16.7. The summed E-state index contributed by atoms with van der Waals surface area (Å²) in [5.41, 5.74) is 3.63. The fourth-order valence-electron chi connectivity index (χ4n) is 4.82. The highest BCUT2D eigenvalue weighted by Crippen LogP contribution is 2.27. The summed E-state index contributed by atoms with van der Waals surface area (Å²) in [5, 5.41) is 9.80. The number of carbonyl (C=O) groups excluding carboxylic acids is 3. The van der Waals surface area contributed by atoms with E-state index in [1.165, 1.54) is 5.56 Å². The van der Waals surface area contributed by atoms with Gasteiger partial charge in [0.1, 0.15) is 6.04 Å². The first-order chi connectivity index (χ1) is 20.6. The lowest BCUT2D eigenvalue weighted by atomic mass is 10.0. The average Bonchev–Trinajstić information content (AvgIpc) is 3.40. The van der Waals surface area contributed by atoms with Crippen molar-refractivity contribution in [3.8, 4) is 0 Å². The molecule has 0 spiro atoms.